The number of ketones is 1. The van der Waals surface area contributed by atoms with Crippen molar-refractivity contribution in [2.24, 2.45) is 5.92 Å². The minimum absolute atomic E-state index is 0.0160. The SMILES string of the molecule is O=C1C[C@@H](c2ccccc2)[C@@H](c2ccccc2)[C@H]1C(=O)OCCc1ccccc1. The highest BCUT2D eigenvalue weighted by Gasteiger charge is 2.48. The first-order valence-electron chi connectivity index (χ1n) is 10.1. The summed E-state index contributed by atoms with van der Waals surface area (Å²) in [5.74, 6) is -1.40. The summed E-state index contributed by atoms with van der Waals surface area (Å²) in [6, 6.07) is 29.8. The summed E-state index contributed by atoms with van der Waals surface area (Å²) in [6.07, 6.45) is 1.01. The van der Waals surface area contributed by atoms with Crippen LogP contribution in [0.3, 0.4) is 0 Å². The van der Waals surface area contributed by atoms with Crippen molar-refractivity contribution >= 4 is 11.8 Å². The van der Waals surface area contributed by atoms with Gasteiger partial charge >= 0.3 is 5.97 Å². The number of carbonyl (C=O) groups is 2. The van der Waals surface area contributed by atoms with Crippen LogP contribution < -0.4 is 0 Å². The molecule has 1 fully saturated rings. The van der Waals surface area contributed by atoms with Crippen LogP contribution in [0.1, 0.15) is 34.9 Å². The Morgan fingerprint density at radius 3 is 1.97 bits per heavy atom. The second kappa shape index (κ2) is 8.87. The Kier molecular flexibility index (Phi) is 5.85. The van der Waals surface area contributed by atoms with Gasteiger partial charge in [0.25, 0.3) is 0 Å². The second-order valence-corrected chi connectivity index (χ2v) is 7.50. The van der Waals surface area contributed by atoms with Crippen LogP contribution in [0.4, 0.5) is 0 Å². The molecule has 0 heterocycles. The maximum Gasteiger partial charge on any atom is 0.317 e. The summed E-state index contributed by atoms with van der Waals surface area (Å²) >= 11 is 0. The molecule has 1 aliphatic carbocycles. The smallest absolute Gasteiger partial charge is 0.317 e. The van der Waals surface area contributed by atoms with Crippen LogP contribution in [0.2, 0.25) is 0 Å². The highest BCUT2D eigenvalue weighted by molar-refractivity contribution is 6.02. The van der Waals surface area contributed by atoms with Gasteiger partial charge in [-0.25, -0.2) is 0 Å². The summed E-state index contributed by atoms with van der Waals surface area (Å²) in [7, 11) is 0. The first kappa shape index (κ1) is 19.1. The van der Waals surface area contributed by atoms with Crippen molar-refractivity contribution in [1.29, 1.82) is 0 Å². The predicted octanol–water partition coefficient (Wildman–Crippen LogP) is 4.93. The molecule has 3 nitrogen and oxygen atoms in total. The number of esters is 1. The second-order valence-electron chi connectivity index (χ2n) is 7.50. The van der Waals surface area contributed by atoms with E-state index in [1.807, 2.05) is 91.0 Å². The highest BCUT2D eigenvalue weighted by atomic mass is 16.5. The van der Waals surface area contributed by atoms with Gasteiger partial charge in [-0.3, -0.25) is 9.59 Å². The maximum atomic E-state index is 13.0. The summed E-state index contributed by atoms with van der Waals surface area (Å²) < 4.78 is 5.58. The van der Waals surface area contributed by atoms with Crippen LogP contribution in [0.15, 0.2) is 91.0 Å². The van der Waals surface area contributed by atoms with Gasteiger partial charge in [-0.2, -0.15) is 0 Å². The van der Waals surface area contributed by atoms with Gasteiger partial charge in [0.15, 0.2) is 0 Å². The van der Waals surface area contributed by atoms with Crippen molar-refractivity contribution in [3.8, 4) is 0 Å². The van der Waals surface area contributed by atoms with Crippen LogP contribution in [0.5, 0.6) is 0 Å². The van der Waals surface area contributed by atoms with E-state index in [0.29, 0.717) is 12.8 Å². The van der Waals surface area contributed by atoms with Gasteiger partial charge in [-0.15, -0.1) is 0 Å². The maximum absolute atomic E-state index is 13.0. The molecule has 1 aliphatic rings. The van der Waals surface area contributed by atoms with E-state index < -0.39 is 11.9 Å². The molecular weight excluding hydrogens is 360 g/mol. The van der Waals surface area contributed by atoms with Crippen molar-refractivity contribution in [1.82, 2.24) is 0 Å². The van der Waals surface area contributed by atoms with Crippen molar-refractivity contribution in [3.05, 3.63) is 108 Å². The van der Waals surface area contributed by atoms with Crippen molar-refractivity contribution in [2.75, 3.05) is 6.61 Å². The third kappa shape index (κ3) is 4.29. The van der Waals surface area contributed by atoms with Crippen LogP contribution in [0.25, 0.3) is 0 Å². The predicted molar refractivity (Wildman–Crippen MR) is 113 cm³/mol. The molecule has 0 saturated heterocycles. The quantitative estimate of drug-likeness (QED) is 0.447. The zero-order valence-electron chi connectivity index (χ0n) is 16.2. The summed E-state index contributed by atoms with van der Waals surface area (Å²) in [6.45, 7) is 0.282. The van der Waals surface area contributed by atoms with Crippen LogP contribution in [-0.2, 0) is 20.7 Å². The monoisotopic (exact) mass is 384 g/mol. The Morgan fingerprint density at radius 1 is 0.793 bits per heavy atom. The Bertz CT molecular complexity index is 951. The van der Waals surface area contributed by atoms with Gasteiger partial charge in [0.05, 0.1) is 6.61 Å². The van der Waals surface area contributed by atoms with E-state index in [-0.39, 0.29) is 24.2 Å². The van der Waals surface area contributed by atoms with E-state index in [1.54, 1.807) is 0 Å². The molecule has 3 atom stereocenters. The number of Topliss-reactive ketones (excluding diaryl/α,β-unsaturated/α-hetero) is 1. The van der Waals surface area contributed by atoms with Gasteiger partial charge in [0, 0.05) is 18.8 Å². The summed E-state index contributed by atoms with van der Waals surface area (Å²) in [4.78, 5) is 25.9. The van der Waals surface area contributed by atoms with E-state index in [2.05, 4.69) is 0 Å². The molecule has 0 N–H and O–H groups in total. The molecule has 0 radical (unpaired) electrons. The zero-order chi connectivity index (χ0) is 20.1. The standard InChI is InChI=1S/C26H24O3/c27-23-18-22(20-12-6-2-7-13-20)24(21-14-8-3-9-15-21)25(23)26(28)29-17-16-19-10-4-1-5-11-19/h1-15,22,24-25H,16-18H2/t22-,24+,25-/m0/s1. The van der Waals surface area contributed by atoms with E-state index >= 15 is 0 Å². The Hall–Kier alpha value is -3.20. The fourth-order valence-electron chi connectivity index (χ4n) is 4.31. The Balaban J connectivity index is 1.55. The number of benzene rings is 3. The molecule has 3 heteroatoms. The van der Waals surface area contributed by atoms with Crippen molar-refractivity contribution in [3.63, 3.8) is 0 Å². The lowest BCUT2D eigenvalue weighted by atomic mass is 9.80. The summed E-state index contributed by atoms with van der Waals surface area (Å²) in [5, 5.41) is 0. The van der Waals surface area contributed by atoms with E-state index in [1.165, 1.54) is 0 Å². The molecule has 0 bridgehead atoms. The van der Waals surface area contributed by atoms with Gasteiger partial charge in [-0.1, -0.05) is 91.0 Å². The molecule has 3 aromatic rings. The molecule has 3 aromatic carbocycles. The minimum Gasteiger partial charge on any atom is -0.465 e. The van der Waals surface area contributed by atoms with Gasteiger partial charge < -0.3 is 4.74 Å². The molecule has 0 aromatic heterocycles. The summed E-state index contributed by atoms with van der Waals surface area (Å²) in [5.41, 5.74) is 3.21. The minimum atomic E-state index is -0.752. The third-order valence-electron chi connectivity index (χ3n) is 5.70. The Morgan fingerprint density at radius 2 is 1.34 bits per heavy atom. The van der Waals surface area contributed by atoms with E-state index in [9.17, 15) is 9.59 Å². The number of carbonyl (C=O) groups excluding carboxylic acids is 2. The van der Waals surface area contributed by atoms with Gasteiger partial charge in [-0.05, 0) is 22.6 Å². The molecule has 4 rings (SSSR count). The lowest BCUT2D eigenvalue weighted by Gasteiger charge is -2.24. The fraction of sp³-hybridized carbons (Fsp3) is 0.231. The van der Waals surface area contributed by atoms with E-state index in [4.69, 9.17) is 4.74 Å². The van der Waals surface area contributed by atoms with Crippen LogP contribution in [-0.4, -0.2) is 18.4 Å². The first-order valence-corrected chi connectivity index (χ1v) is 10.1. The van der Waals surface area contributed by atoms with Crippen molar-refractivity contribution in [2.45, 2.75) is 24.7 Å². The van der Waals surface area contributed by atoms with Crippen LogP contribution in [0, 0.1) is 5.92 Å². The highest BCUT2D eigenvalue weighted by Crippen LogP contribution is 2.48. The number of hydrogen-bond donors (Lipinski definition) is 0. The number of hydrogen-bond acceptors (Lipinski definition) is 3. The zero-order valence-corrected chi connectivity index (χ0v) is 16.2. The lowest BCUT2D eigenvalue weighted by molar-refractivity contribution is -0.151. The fourth-order valence-corrected chi connectivity index (χ4v) is 4.31. The average Bonchev–Trinajstić information content (AvgIpc) is 3.13. The lowest BCUT2D eigenvalue weighted by Crippen LogP contribution is -2.27. The molecule has 146 valence electrons. The van der Waals surface area contributed by atoms with Crippen LogP contribution >= 0.6 is 0 Å². The molecule has 0 spiro atoms. The van der Waals surface area contributed by atoms with Gasteiger partial charge in [0.1, 0.15) is 11.7 Å². The molecule has 0 unspecified atom stereocenters. The van der Waals surface area contributed by atoms with E-state index in [0.717, 1.165) is 16.7 Å². The average molecular weight is 384 g/mol. The topological polar surface area (TPSA) is 43.4 Å². The Labute approximate surface area is 171 Å². The third-order valence-corrected chi connectivity index (χ3v) is 5.70. The van der Waals surface area contributed by atoms with Gasteiger partial charge in [0.2, 0.25) is 0 Å². The number of ether oxygens (including phenoxy) is 1. The number of rotatable bonds is 6. The molecule has 0 amide bonds. The normalized spacial score (nSPS) is 21.1. The molecule has 29 heavy (non-hydrogen) atoms. The molecular formula is C26H24O3. The molecule has 1 saturated carbocycles. The first-order chi connectivity index (χ1) is 14.2. The largest absolute Gasteiger partial charge is 0.465 e. The van der Waals surface area contributed by atoms with Crippen molar-refractivity contribution < 1.29 is 14.3 Å². The molecule has 0 aliphatic heterocycles.